The Labute approximate surface area is 158 Å². The summed E-state index contributed by atoms with van der Waals surface area (Å²) in [5, 5.41) is 21.6. The molecule has 1 aliphatic heterocycles. The second-order valence-electron chi connectivity index (χ2n) is 5.89. The SMILES string of the molecule is CO[C@H]1[C@H](OCCOCCNC(=O)OCc2ccccc2)O[C@H](CO)[C@H]1O. The van der Waals surface area contributed by atoms with Gasteiger partial charge in [-0.3, -0.25) is 0 Å². The summed E-state index contributed by atoms with van der Waals surface area (Å²) in [7, 11) is 1.44. The summed E-state index contributed by atoms with van der Waals surface area (Å²) in [6.45, 7) is 0.989. The topological polar surface area (TPSA) is 116 Å². The van der Waals surface area contributed by atoms with Crippen LogP contribution in [0.5, 0.6) is 0 Å². The molecule has 9 nitrogen and oxygen atoms in total. The van der Waals surface area contributed by atoms with Gasteiger partial charge >= 0.3 is 6.09 Å². The van der Waals surface area contributed by atoms with Gasteiger partial charge in [0, 0.05) is 13.7 Å². The maximum absolute atomic E-state index is 11.6. The Morgan fingerprint density at radius 1 is 1.22 bits per heavy atom. The molecule has 0 unspecified atom stereocenters. The average molecular weight is 385 g/mol. The second kappa shape index (κ2) is 11.9. The minimum atomic E-state index is -0.947. The van der Waals surface area contributed by atoms with E-state index in [0.29, 0.717) is 13.2 Å². The lowest BCUT2D eigenvalue weighted by Crippen LogP contribution is -2.36. The van der Waals surface area contributed by atoms with Crippen LogP contribution in [-0.4, -0.2) is 81.0 Å². The molecule has 0 spiro atoms. The fraction of sp³-hybridized carbons (Fsp3) is 0.611. The summed E-state index contributed by atoms with van der Waals surface area (Å²) in [5.41, 5.74) is 0.915. The van der Waals surface area contributed by atoms with E-state index in [1.54, 1.807) is 0 Å². The van der Waals surface area contributed by atoms with E-state index in [2.05, 4.69) is 5.32 Å². The molecule has 152 valence electrons. The molecule has 1 aliphatic rings. The summed E-state index contributed by atoms with van der Waals surface area (Å²) < 4.78 is 26.4. The molecule has 4 atom stereocenters. The number of aliphatic hydroxyl groups is 2. The summed E-state index contributed by atoms with van der Waals surface area (Å²) >= 11 is 0. The average Bonchev–Trinajstić information content (AvgIpc) is 3.01. The maximum atomic E-state index is 11.6. The van der Waals surface area contributed by atoms with Gasteiger partial charge in [0.15, 0.2) is 6.29 Å². The van der Waals surface area contributed by atoms with Gasteiger partial charge in [0.05, 0.1) is 26.4 Å². The largest absolute Gasteiger partial charge is 0.445 e. The summed E-state index contributed by atoms with van der Waals surface area (Å²) in [6.07, 6.45) is -3.62. The monoisotopic (exact) mass is 385 g/mol. The number of ether oxygens (including phenoxy) is 5. The lowest BCUT2D eigenvalue weighted by molar-refractivity contribution is -0.180. The van der Waals surface area contributed by atoms with E-state index in [0.717, 1.165) is 5.56 Å². The Morgan fingerprint density at radius 3 is 2.70 bits per heavy atom. The fourth-order valence-electron chi connectivity index (χ4n) is 2.56. The van der Waals surface area contributed by atoms with Gasteiger partial charge in [-0.1, -0.05) is 30.3 Å². The number of amides is 1. The molecule has 0 aromatic heterocycles. The van der Waals surface area contributed by atoms with E-state index in [-0.39, 0.29) is 26.4 Å². The van der Waals surface area contributed by atoms with Gasteiger partial charge in [-0.15, -0.1) is 0 Å². The predicted octanol–water partition coefficient (Wildman–Crippen LogP) is 0.0391. The minimum Gasteiger partial charge on any atom is -0.445 e. The molecule has 2 rings (SSSR count). The van der Waals surface area contributed by atoms with Crippen molar-refractivity contribution in [2.75, 3.05) is 40.1 Å². The van der Waals surface area contributed by atoms with Crippen LogP contribution in [0.2, 0.25) is 0 Å². The van der Waals surface area contributed by atoms with Crippen LogP contribution in [0.15, 0.2) is 30.3 Å². The maximum Gasteiger partial charge on any atom is 0.407 e. The van der Waals surface area contributed by atoms with Crippen LogP contribution in [0.25, 0.3) is 0 Å². The molecular formula is C18H27NO8. The summed E-state index contributed by atoms with van der Waals surface area (Å²) in [6, 6.07) is 9.40. The van der Waals surface area contributed by atoms with E-state index in [4.69, 9.17) is 28.8 Å². The standard InChI is InChI=1S/C18H27NO8/c1-23-16-15(21)14(11-20)27-17(16)25-10-9-24-8-7-19-18(22)26-12-13-5-3-2-4-6-13/h2-6,14-17,20-21H,7-12H2,1H3,(H,19,22)/t14-,15-,16-,17-/m1/s1. The normalized spacial score (nSPS) is 24.7. The van der Waals surface area contributed by atoms with Gasteiger partial charge in [-0.25, -0.2) is 4.79 Å². The number of carbonyl (C=O) groups excluding carboxylic acids is 1. The third-order valence-electron chi connectivity index (χ3n) is 3.99. The molecule has 1 heterocycles. The van der Waals surface area contributed by atoms with Crippen molar-refractivity contribution in [1.82, 2.24) is 5.32 Å². The van der Waals surface area contributed by atoms with Crippen molar-refractivity contribution >= 4 is 6.09 Å². The molecule has 1 fully saturated rings. The highest BCUT2D eigenvalue weighted by Gasteiger charge is 2.44. The smallest absolute Gasteiger partial charge is 0.407 e. The van der Waals surface area contributed by atoms with Gasteiger partial charge in [-0.2, -0.15) is 0 Å². The summed E-state index contributed by atoms with van der Waals surface area (Å²) in [4.78, 5) is 11.6. The van der Waals surface area contributed by atoms with Crippen molar-refractivity contribution in [2.45, 2.75) is 31.2 Å². The van der Waals surface area contributed by atoms with E-state index in [1.807, 2.05) is 30.3 Å². The number of carbonyl (C=O) groups is 1. The molecule has 9 heteroatoms. The van der Waals surface area contributed by atoms with Crippen LogP contribution in [0.4, 0.5) is 4.79 Å². The van der Waals surface area contributed by atoms with Gasteiger partial charge in [0.25, 0.3) is 0 Å². The molecule has 0 saturated carbocycles. The van der Waals surface area contributed by atoms with Crippen LogP contribution in [0, 0.1) is 0 Å². The zero-order valence-corrected chi connectivity index (χ0v) is 15.3. The quantitative estimate of drug-likeness (QED) is 0.457. The predicted molar refractivity (Wildman–Crippen MR) is 94.0 cm³/mol. The van der Waals surface area contributed by atoms with E-state index in [1.165, 1.54) is 7.11 Å². The van der Waals surface area contributed by atoms with E-state index < -0.39 is 30.7 Å². The number of aliphatic hydroxyl groups excluding tert-OH is 2. The highest BCUT2D eigenvalue weighted by Crippen LogP contribution is 2.24. The number of alkyl carbamates (subject to hydrolysis) is 1. The number of hydrogen-bond donors (Lipinski definition) is 3. The van der Waals surface area contributed by atoms with Crippen LogP contribution < -0.4 is 5.32 Å². The second-order valence-corrected chi connectivity index (χ2v) is 5.89. The first-order valence-corrected chi connectivity index (χ1v) is 8.76. The van der Waals surface area contributed by atoms with E-state index >= 15 is 0 Å². The van der Waals surface area contributed by atoms with Gasteiger partial charge in [0.2, 0.25) is 0 Å². The number of methoxy groups -OCH3 is 1. The number of hydrogen-bond acceptors (Lipinski definition) is 8. The fourth-order valence-corrected chi connectivity index (χ4v) is 2.56. The van der Waals surface area contributed by atoms with Crippen molar-refractivity contribution in [3.05, 3.63) is 35.9 Å². The molecular weight excluding hydrogens is 358 g/mol. The van der Waals surface area contributed by atoms with Crippen molar-refractivity contribution in [2.24, 2.45) is 0 Å². The van der Waals surface area contributed by atoms with Gasteiger partial charge < -0.3 is 39.2 Å². The first kappa shape index (κ1) is 21.5. The summed E-state index contributed by atoms with van der Waals surface area (Å²) in [5.74, 6) is 0. The molecule has 1 saturated heterocycles. The van der Waals surface area contributed by atoms with Crippen molar-refractivity contribution < 1.29 is 38.7 Å². The van der Waals surface area contributed by atoms with Crippen LogP contribution in [-0.2, 0) is 30.3 Å². The van der Waals surface area contributed by atoms with Crippen molar-refractivity contribution in [1.29, 1.82) is 0 Å². The molecule has 1 aromatic carbocycles. The number of benzene rings is 1. The highest BCUT2D eigenvalue weighted by molar-refractivity contribution is 5.67. The Morgan fingerprint density at radius 2 is 2.00 bits per heavy atom. The van der Waals surface area contributed by atoms with Gasteiger partial charge in [0.1, 0.15) is 24.9 Å². The molecule has 27 heavy (non-hydrogen) atoms. The molecule has 1 amide bonds. The van der Waals surface area contributed by atoms with Crippen molar-refractivity contribution in [3.63, 3.8) is 0 Å². The lowest BCUT2D eigenvalue weighted by atomic mass is 10.1. The van der Waals surface area contributed by atoms with Crippen LogP contribution in [0.3, 0.4) is 0 Å². The zero-order valence-electron chi connectivity index (χ0n) is 15.3. The number of rotatable bonds is 11. The molecule has 3 N–H and O–H groups in total. The highest BCUT2D eigenvalue weighted by atomic mass is 16.7. The Hall–Kier alpha value is -1.75. The van der Waals surface area contributed by atoms with Crippen LogP contribution >= 0.6 is 0 Å². The third-order valence-corrected chi connectivity index (χ3v) is 3.99. The van der Waals surface area contributed by atoms with Gasteiger partial charge in [-0.05, 0) is 5.56 Å². The first-order chi connectivity index (χ1) is 13.2. The zero-order chi connectivity index (χ0) is 19.5. The van der Waals surface area contributed by atoms with Crippen LogP contribution in [0.1, 0.15) is 5.56 Å². The molecule has 0 radical (unpaired) electrons. The lowest BCUT2D eigenvalue weighted by Gasteiger charge is -2.18. The Balaban J connectivity index is 1.49. The van der Waals surface area contributed by atoms with Crippen molar-refractivity contribution in [3.8, 4) is 0 Å². The molecule has 0 aliphatic carbocycles. The Bertz CT molecular complexity index is 543. The minimum absolute atomic E-state index is 0.212. The first-order valence-electron chi connectivity index (χ1n) is 8.76. The molecule has 0 bridgehead atoms. The van der Waals surface area contributed by atoms with E-state index in [9.17, 15) is 9.90 Å². The third kappa shape index (κ3) is 7.06. The molecule has 1 aromatic rings. The number of nitrogens with one attached hydrogen (secondary N) is 1. The Kier molecular flexibility index (Phi) is 9.46.